The van der Waals surface area contributed by atoms with Crippen LogP contribution in [0, 0.1) is 6.92 Å². The van der Waals surface area contributed by atoms with Crippen LogP contribution in [-0.4, -0.2) is 70.6 Å². The molecular weight excluding hydrogens is 530 g/mol. The largest absolute Gasteiger partial charge is 0.381 e. The molecule has 40 heavy (non-hydrogen) atoms. The van der Waals surface area contributed by atoms with Crippen molar-refractivity contribution in [2.45, 2.75) is 63.9 Å². The Hall–Kier alpha value is -2.98. The van der Waals surface area contributed by atoms with Crippen LogP contribution in [0.4, 0.5) is 5.95 Å². The summed E-state index contributed by atoms with van der Waals surface area (Å²) in [4.78, 5) is 25.2. The average Bonchev–Trinajstić information content (AvgIpc) is 3.42. The van der Waals surface area contributed by atoms with Gasteiger partial charge in [-0.15, -0.1) is 0 Å². The Morgan fingerprint density at radius 2 is 2.02 bits per heavy atom. The van der Waals surface area contributed by atoms with Crippen molar-refractivity contribution in [3.63, 3.8) is 0 Å². The second-order valence-corrected chi connectivity index (χ2v) is 11.2. The normalized spacial score (nSPS) is 20.8. The zero-order valence-corrected chi connectivity index (χ0v) is 23.6. The number of halogens is 1. The first-order valence-electron chi connectivity index (χ1n) is 14.2. The van der Waals surface area contributed by atoms with Crippen molar-refractivity contribution >= 4 is 23.5 Å². The van der Waals surface area contributed by atoms with Crippen LogP contribution in [0.25, 0.3) is 11.3 Å². The summed E-state index contributed by atoms with van der Waals surface area (Å²) >= 11 is 6.36. The van der Waals surface area contributed by atoms with Crippen LogP contribution < -0.4 is 5.32 Å². The first-order chi connectivity index (χ1) is 19.5. The third-order valence-corrected chi connectivity index (χ3v) is 8.18. The highest BCUT2D eigenvalue weighted by molar-refractivity contribution is 6.30. The topological polar surface area (TPSA) is 90.7 Å². The number of nitrogens with zero attached hydrogens (tertiary/aromatic N) is 4. The lowest BCUT2D eigenvalue weighted by Crippen LogP contribution is -2.44. The van der Waals surface area contributed by atoms with Gasteiger partial charge in [0.25, 0.3) is 5.91 Å². The number of nitrogens with one attached hydrogen (secondary N) is 1. The molecule has 9 nitrogen and oxygen atoms in total. The SMILES string of the molecule is Cc1cnc(NC2CCOCC2)nc1-c1cc2n(c1)CCN(C(COC1CCCCO1)c1cccc(Cl)c1)C2=O. The summed E-state index contributed by atoms with van der Waals surface area (Å²) in [6, 6.07) is 9.65. The van der Waals surface area contributed by atoms with Gasteiger partial charge in [-0.3, -0.25) is 4.79 Å². The molecule has 0 spiro atoms. The molecule has 0 radical (unpaired) electrons. The number of ether oxygens (including phenoxy) is 3. The molecule has 5 heterocycles. The van der Waals surface area contributed by atoms with Gasteiger partial charge in [0.1, 0.15) is 5.69 Å². The van der Waals surface area contributed by atoms with Crippen molar-refractivity contribution in [1.29, 1.82) is 0 Å². The molecule has 0 aliphatic carbocycles. The van der Waals surface area contributed by atoms with E-state index in [1.165, 1.54) is 0 Å². The third-order valence-electron chi connectivity index (χ3n) is 7.95. The van der Waals surface area contributed by atoms with Gasteiger partial charge in [-0.25, -0.2) is 9.97 Å². The maximum absolute atomic E-state index is 14.0. The maximum atomic E-state index is 14.0. The summed E-state index contributed by atoms with van der Waals surface area (Å²) in [5.41, 5.74) is 4.29. The van der Waals surface area contributed by atoms with Crippen molar-refractivity contribution in [3.05, 3.63) is 64.6 Å². The summed E-state index contributed by atoms with van der Waals surface area (Å²) in [6.45, 7) is 5.78. The van der Waals surface area contributed by atoms with Gasteiger partial charge < -0.3 is 29.0 Å². The number of aromatic nitrogens is 3. The summed E-state index contributed by atoms with van der Waals surface area (Å²) < 4.78 is 19.5. The van der Waals surface area contributed by atoms with E-state index in [0.717, 1.165) is 67.7 Å². The first kappa shape index (κ1) is 27.2. The fourth-order valence-electron chi connectivity index (χ4n) is 5.71. The standard InChI is InChI=1S/C30H36ClN5O4/c1-20-17-32-30(33-24-8-13-38-14-9-24)34-28(20)22-16-25-29(37)36(11-10-35(25)18-22)26(21-5-4-6-23(31)15-21)19-40-27-7-2-3-12-39-27/h4-6,15-18,24,26-27H,2-3,7-14,19H2,1H3,(H,32,33,34). The Bertz CT molecular complexity index is 1340. The molecular formula is C30H36ClN5O4. The maximum Gasteiger partial charge on any atom is 0.271 e. The minimum absolute atomic E-state index is 0.0390. The number of benzene rings is 1. The van der Waals surface area contributed by atoms with Crippen LogP contribution in [-0.2, 0) is 20.8 Å². The molecule has 1 N–H and O–H groups in total. The quantitative estimate of drug-likeness (QED) is 0.399. The van der Waals surface area contributed by atoms with E-state index >= 15 is 0 Å². The summed E-state index contributed by atoms with van der Waals surface area (Å²) in [5, 5.41) is 4.09. The molecule has 1 amide bonds. The Labute approximate surface area is 239 Å². The molecule has 2 aromatic heterocycles. The molecule has 2 fully saturated rings. The van der Waals surface area contributed by atoms with Crippen molar-refractivity contribution in [2.75, 3.05) is 38.3 Å². The van der Waals surface area contributed by atoms with E-state index < -0.39 is 0 Å². The molecule has 212 valence electrons. The zero-order valence-electron chi connectivity index (χ0n) is 22.9. The molecule has 1 aromatic carbocycles. The van der Waals surface area contributed by atoms with Crippen molar-refractivity contribution < 1.29 is 19.0 Å². The summed E-state index contributed by atoms with van der Waals surface area (Å²) in [5.74, 6) is 0.565. The van der Waals surface area contributed by atoms with E-state index in [9.17, 15) is 4.79 Å². The number of aryl methyl sites for hydroxylation is 1. The van der Waals surface area contributed by atoms with Gasteiger partial charge in [-0.2, -0.15) is 0 Å². The molecule has 0 bridgehead atoms. The molecule has 10 heteroatoms. The van der Waals surface area contributed by atoms with E-state index in [1.807, 2.05) is 59.1 Å². The highest BCUT2D eigenvalue weighted by Gasteiger charge is 2.33. The van der Waals surface area contributed by atoms with E-state index in [-0.39, 0.29) is 18.2 Å². The van der Waals surface area contributed by atoms with Gasteiger partial charge in [0.05, 0.1) is 18.3 Å². The molecule has 6 rings (SSSR count). The summed E-state index contributed by atoms with van der Waals surface area (Å²) in [6.07, 6.45) is 8.50. The van der Waals surface area contributed by atoms with Gasteiger partial charge >= 0.3 is 0 Å². The number of carbonyl (C=O) groups is 1. The van der Waals surface area contributed by atoms with Crippen LogP contribution in [0.5, 0.6) is 0 Å². The third kappa shape index (κ3) is 6.02. The molecule has 2 atom stereocenters. The number of fused-ring (bicyclic) bond motifs is 1. The molecule has 2 unspecified atom stereocenters. The number of amides is 1. The minimum Gasteiger partial charge on any atom is -0.381 e. The van der Waals surface area contributed by atoms with E-state index in [1.54, 1.807) is 0 Å². The predicted molar refractivity (Wildman–Crippen MR) is 152 cm³/mol. The van der Waals surface area contributed by atoms with Gasteiger partial charge in [0.2, 0.25) is 5.95 Å². The van der Waals surface area contributed by atoms with Crippen LogP contribution in [0.2, 0.25) is 5.02 Å². The van der Waals surface area contributed by atoms with Crippen LogP contribution in [0.1, 0.15) is 59.8 Å². The molecule has 3 aromatic rings. The Kier molecular flexibility index (Phi) is 8.34. The predicted octanol–water partition coefficient (Wildman–Crippen LogP) is 5.24. The first-order valence-corrected chi connectivity index (χ1v) is 14.6. The van der Waals surface area contributed by atoms with Gasteiger partial charge in [0.15, 0.2) is 6.29 Å². The van der Waals surface area contributed by atoms with Gasteiger partial charge in [0, 0.05) is 61.9 Å². The van der Waals surface area contributed by atoms with Crippen LogP contribution in [0.3, 0.4) is 0 Å². The van der Waals surface area contributed by atoms with Gasteiger partial charge in [-0.1, -0.05) is 23.7 Å². The van der Waals surface area contributed by atoms with Crippen LogP contribution >= 0.6 is 11.6 Å². The monoisotopic (exact) mass is 565 g/mol. The smallest absolute Gasteiger partial charge is 0.271 e. The lowest BCUT2D eigenvalue weighted by atomic mass is 10.0. The molecule has 3 aliphatic rings. The molecule has 0 saturated carbocycles. The van der Waals surface area contributed by atoms with E-state index in [4.69, 9.17) is 30.8 Å². The lowest BCUT2D eigenvalue weighted by molar-refractivity contribution is -0.170. The number of rotatable bonds is 8. The molecule has 2 saturated heterocycles. The second kappa shape index (κ2) is 12.3. The Morgan fingerprint density at radius 3 is 2.83 bits per heavy atom. The Morgan fingerprint density at radius 1 is 1.15 bits per heavy atom. The fraction of sp³-hybridized carbons (Fsp3) is 0.500. The lowest BCUT2D eigenvalue weighted by Gasteiger charge is -2.36. The highest BCUT2D eigenvalue weighted by Crippen LogP contribution is 2.32. The Balaban J connectivity index is 1.24. The zero-order chi connectivity index (χ0) is 27.5. The van der Waals surface area contributed by atoms with Crippen molar-refractivity contribution in [3.8, 4) is 11.3 Å². The van der Waals surface area contributed by atoms with Gasteiger partial charge in [-0.05, 0) is 68.4 Å². The van der Waals surface area contributed by atoms with Crippen LogP contribution in [0.15, 0.2) is 42.7 Å². The number of carbonyl (C=O) groups excluding carboxylic acids is 1. The number of hydrogen-bond donors (Lipinski definition) is 1. The second-order valence-electron chi connectivity index (χ2n) is 10.8. The number of anilines is 1. The van der Waals surface area contributed by atoms with E-state index in [0.29, 0.717) is 49.0 Å². The van der Waals surface area contributed by atoms with Crippen molar-refractivity contribution in [2.24, 2.45) is 0 Å². The highest BCUT2D eigenvalue weighted by atomic mass is 35.5. The van der Waals surface area contributed by atoms with Crippen molar-refractivity contribution in [1.82, 2.24) is 19.4 Å². The van der Waals surface area contributed by atoms with E-state index in [2.05, 4.69) is 10.3 Å². The number of hydrogen-bond acceptors (Lipinski definition) is 7. The summed E-state index contributed by atoms with van der Waals surface area (Å²) in [7, 11) is 0. The minimum atomic E-state index is -0.278. The molecule has 3 aliphatic heterocycles. The average molecular weight is 566 g/mol. The fourth-order valence-corrected chi connectivity index (χ4v) is 5.91.